The number of carbonyl (C=O) groups is 3. The van der Waals surface area contributed by atoms with E-state index in [1.165, 1.54) is 6.08 Å². The summed E-state index contributed by atoms with van der Waals surface area (Å²) in [5, 5.41) is 14.7. The number of hydrogen-bond donors (Lipinski definition) is 3. The van der Waals surface area contributed by atoms with Crippen LogP contribution in [-0.4, -0.2) is 41.8 Å². The summed E-state index contributed by atoms with van der Waals surface area (Å²) in [5.74, 6) is -2.03. The SMILES string of the molecule is C=CCC(NC(=O)OCC1c2ccccc2-c2ccccc21)C(=O)NC1CCCC1C(=O)O. The van der Waals surface area contributed by atoms with E-state index < -0.39 is 36.0 Å². The number of ether oxygens (including phenoxy) is 1. The molecule has 1 fully saturated rings. The molecule has 172 valence electrons. The molecule has 33 heavy (non-hydrogen) atoms. The first-order valence-electron chi connectivity index (χ1n) is 11.2. The van der Waals surface area contributed by atoms with Gasteiger partial charge in [0.2, 0.25) is 5.91 Å². The number of benzene rings is 2. The van der Waals surface area contributed by atoms with Crippen molar-refractivity contribution in [2.75, 3.05) is 6.61 Å². The van der Waals surface area contributed by atoms with Gasteiger partial charge in [0.1, 0.15) is 12.6 Å². The fourth-order valence-electron chi connectivity index (χ4n) is 4.89. The van der Waals surface area contributed by atoms with Gasteiger partial charge in [0.25, 0.3) is 0 Å². The molecule has 3 atom stereocenters. The first-order chi connectivity index (χ1) is 16.0. The number of aliphatic carboxylic acids is 1. The Morgan fingerprint density at radius 1 is 1.06 bits per heavy atom. The molecule has 0 heterocycles. The molecule has 2 aliphatic rings. The highest BCUT2D eigenvalue weighted by molar-refractivity contribution is 5.87. The van der Waals surface area contributed by atoms with Crippen molar-refractivity contribution in [3.8, 4) is 11.1 Å². The van der Waals surface area contributed by atoms with Crippen molar-refractivity contribution >= 4 is 18.0 Å². The normalized spacial score (nSPS) is 19.8. The van der Waals surface area contributed by atoms with E-state index in [0.29, 0.717) is 12.8 Å². The molecule has 2 aliphatic carbocycles. The predicted molar refractivity (Wildman–Crippen MR) is 124 cm³/mol. The third kappa shape index (κ3) is 4.77. The highest BCUT2D eigenvalue weighted by Gasteiger charge is 2.35. The third-order valence-corrected chi connectivity index (χ3v) is 6.52. The van der Waals surface area contributed by atoms with Crippen LogP contribution in [0.1, 0.15) is 42.7 Å². The Bertz CT molecular complexity index is 1020. The Kier molecular flexibility index (Phi) is 6.77. The molecule has 3 N–H and O–H groups in total. The smallest absolute Gasteiger partial charge is 0.407 e. The number of alkyl carbamates (subject to hydrolysis) is 1. The fourth-order valence-corrected chi connectivity index (χ4v) is 4.89. The molecular weight excluding hydrogens is 420 g/mol. The Labute approximate surface area is 192 Å². The largest absolute Gasteiger partial charge is 0.481 e. The first kappa shape index (κ1) is 22.6. The lowest BCUT2D eigenvalue weighted by molar-refractivity contribution is -0.142. The minimum atomic E-state index is -0.914. The van der Waals surface area contributed by atoms with Gasteiger partial charge in [-0.05, 0) is 41.5 Å². The summed E-state index contributed by atoms with van der Waals surface area (Å²) < 4.78 is 5.54. The number of hydrogen-bond acceptors (Lipinski definition) is 4. The maximum Gasteiger partial charge on any atom is 0.407 e. The van der Waals surface area contributed by atoms with Crippen LogP contribution in [0.25, 0.3) is 11.1 Å². The van der Waals surface area contributed by atoms with E-state index >= 15 is 0 Å². The maximum atomic E-state index is 12.8. The van der Waals surface area contributed by atoms with Crippen LogP contribution in [0.5, 0.6) is 0 Å². The summed E-state index contributed by atoms with van der Waals surface area (Å²) in [6.45, 7) is 3.80. The second-order valence-corrected chi connectivity index (χ2v) is 8.54. The number of rotatable bonds is 8. The van der Waals surface area contributed by atoms with E-state index in [-0.39, 0.29) is 18.9 Å². The zero-order valence-corrected chi connectivity index (χ0v) is 18.3. The number of carbonyl (C=O) groups excluding carboxylic acids is 2. The van der Waals surface area contributed by atoms with E-state index in [0.717, 1.165) is 28.7 Å². The van der Waals surface area contributed by atoms with Crippen LogP contribution >= 0.6 is 0 Å². The van der Waals surface area contributed by atoms with Crippen molar-refractivity contribution in [1.29, 1.82) is 0 Å². The molecule has 0 bridgehead atoms. The molecule has 0 radical (unpaired) electrons. The minimum absolute atomic E-state index is 0.0790. The van der Waals surface area contributed by atoms with Gasteiger partial charge in [-0.3, -0.25) is 9.59 Å². The second-order valence-electron chi connectivity index (χ2n) is 8.54. The molecule has 0 spiro atoms. The van der Waals surface area contributed by atoms with E-state index in [4.69, 9.17) is 4.74 Å². The molecule has 4 rings (SSSR count). The van der Waals surface area contributed by atoms with Gasteiger partial charge in [0, 0.05) is 12.0 Å². The van der Waals surface area contributed by atoms with Gasteiger partial charge >= 0.3 is 12.1 Å². The van der Waals surface area contributed by atoms with Gasteiger partial charge in [-0.15, -0.1) is 6.58 Å². The fraction of sp³-hybridized carbons (Fsp3) is 0.346. The average molecular weight is 449 g/mol. The Balaban J connectivity index is 1.38. The van der Waals surface area contributed by atoms with Crippen molar-refractivity contribution in [3.63, 3.8) is 0 Å². The Morgan fingerprint density at radius 2 is 1.70 bits per heavy atom. The zero-order chi connectivity index (χ0) is 23.4. The highest BCUT2D eigenvalue weighted by Crippen LogP contribution is 2.44. The number of carboxylic acids is 1. The summed E-state index contributed by atoms with van der Waals surface area (Å²) in [6.07, 6.45) is 2.94. The van der Waals surface area contributed by atoms with Crippen molar-refractivity contribution in [1.82, 2.24) is 10.6 Å². The van der Waals surface area contributed by atoms with Crippen molar-refractivity contribution in [3.05, 3.63) is 72.3 Å². The molecule has 0 aliphatic heterocycles. The van der Waals surface area contributed by atoms with Crippen molar-refractivity contribution < 1.29 is 24.2 Å². The van der Waals surface area contributed by atoms with Gasteiger partial charge in [-0.25, -0.2) is 4.79 Å². The van der Waals surface area contributed by atoms with Gasteiger partial charge < -0.3 is 20.5 Å². The lowest BCUT2D eigenvalue weighted by atomic mass is 9.98. The monoisotopic (exact) mass is 448 g/mol. The van der Waals surface area contributed by atoms with Gasteiger partial charge in [-0.2, -0.15) is 0 Å². The number of amides is 2. The van der Waals surface area contributed by atoms with Crippen LogP contribution in [-0.2, 0) is 14.3 Å². The molecule has 7 heteroatoms. The van der Waals surface area contributed by atoms with E-state index in [2.05, 4.69) is 29.3 Å². The molecule has 1 saturated carbocycles. The van der Waals surface area contributed by atoms with E-state index in [1.807, 2.05) is 36.4 Å². The summed E-state index contributed by atoms with van der Waals surface area (Å²) in [4.78, 5) is 36.7. The predicted octanol–water partition coefficient (Wildman–Crippen LogP) is 3.84. The standard InChI is InChI=1S/C26H28N2O5/c1-2-8-23(24(29)27-22-14-7-13-20(22)25(30)31)28-26(32)33-15-21-18-11-5-3-9-16(18)17-10-4-6-12-19(17)21/h2-6,9-12,20-23H,1,7-8,13-15H2,(H,27,29)(H,28,32)(H,30,31). The maximum absolute atomic E-state index is 12.8. The molecule has 2 aromatic rings. The highest BCUT2D eigenvalue weighted by atomic mass is 16.5. The zero-order valence-electron chi connectivity index (χ0n) is 18.3. The number of fused-ring (bicyclic) bond motifs is 3. The van der Waals surface area contributed by atoms with Crippen LogP contribution in [0.4, 0.5) is 4.79 Å². The topological polar surface area (TPSA) is 105 Å². The van der Waals surface area contributed by atoms with Crippen LogP contribution in [0, 0.1) is 5.92 Å². The number of carboxylic acid groups (broad SMARTS) is 1. The molecule has 7 nitrogen and oxygen atoms in total. The van der Waals surface area contributed by atoms with Gasteiger partial charge in [-0.1, -0.05) is 61.0 Å². The lowest BCUT2D eigenvalue weighted by Gasteiger charge is -2.22. The van der Waals surface area contributed by atoms with E-state index in [1.54, 1.807) is 0 Å². The summed E-state index contributed by atoms with van der Waals surface area (Å²) in [5.41, 5.74) is 4.48. The summed E-state index contributed by atoms with van der Waals surface area (Å²) >= 11 is 0. The van der Waals surface area contributed by atoms with Gasteiger partial charge in [0.15, 0.2) is 0 Å². The van der Waals surface area contributed by atoms with Gasteiger partial charge in [0.05, 0.1) is 5.92 Å². The van der Waals surface area contributed by atoms with Crippen LogP contribution < -0.4 is 10.6 Å². The van der Waals surface area contributed by atoms with Crippen molar-refractivity contribution in [2.45, 2.75) is 43.7 Å². The molecule has 0 aromatic heterocycles. The quantitative estimate of drug-likeness (QED) is 0.532. The summed E-state index contributed by atoms with van der Waals surface area (Å²) in [6, 6.07) is 14.8. The molecular formula is C26H28N2O5. The summed E-state index contributed by atoms with van der Waals surface area (Å²) in [7, 11) is 0. The second kappa shape index (κ2) is 9.90. The molecule has 2 aromatic carbocycles. The Hall–Kier alpha value is -3.61. The molecule has 0 saturated heterocycles. The van der Waals surface area contributed by atoms with Crippen LogP contribution in [0.2, 0.25) is 0 Å². The lowest BCUT2D eigenvalue weighted by Crippen LogP contribution is -2.51. The van der Waals surface area contributed by atoms with Crippen molar-refractivity contribution in [2.24, 2.45) is 5.92 Å². The van der Waals surface area contributed by atoms with E-state index in [9.17, 15) is 19.5 Å². The average Bonchev–Trinajstić information content (AvgIpc) is 3.40. The third-order valence-electron chi connectivity index (χ3n) is 6.52. The van der Waals surface area contributed by atoms with Crippen LogP contribution in [0.15, 0.2) is 61.2 Å². The minimum Gasteiger partial charge on any atom is -0.481 e. The first-order valence-corrected chi connectivity index (χ1v) is 11.2. The number of nitrogens with one attached hydrogen (secondary N) is 2. The van der Waals surface area contributed by atoms with Crippen LogP contribution in [0.3, 0.4) is 0 Å². The molecule has 3 unspecified atom stereocenters. The Morgan fingerprint density at radius 3 is 2.30 bits per heavy atom. The molecule has 2 amide bonds.